The number of aromatic nitrogens is 1. The molecule has 0 saturated heterocycles. The van der Waals surface area contributed by atoms with Crippen molar-refractivity contribution in [1.29, 1.82) is 0 Å². The number of pyridine rings is 1. The highest BCUT2D eigenvalue weighted by Gasteiger charge is 2.21. The van der Waals surface area contributed by atoms with Crippen LogP contribution in [0.4, 0.5) is 0 Å². The summed E-state index contributed by atoms with van der Waals surface area (Å²) in [5.41, 5.74) is 0.105. The normalized spacial score (nSPS) is 23.7. The van der Waals surface area contributed by atoms with Gasteiger partial charge in [-0.1, -0.05) is 24.9 Å². The van der Waals surface area contributed by atoms with E-state index >= 15 is 0 Å². The molecule has 0 amide bonds. The zero-order valence-electron chi connectivity index (χ0n) is 10.2. The van der Waals surface area contributed by atoms with Crippen LogP contribution < -0.4 is 4.74 Å². The highest BCUT2D eigenvalue weighted by molar-refractivity contribution is 6.29. The lowest BCUT2D eigenvalue weighted by Crippen LogP contribution is -2.24. The Balaban J connectivity index is 2.10. The minimum atomic E-state index is -1.03. The molecule has 1 N–H and O–H groups in total. The average molecular weight is 270 g/mol. The molecular weight excluding hydrogens is 254 g/mol. The van der Waals surface area contributed by atoms with E-state index in [2.05, 4.69) is 11.9 Å². The lowest BCUT2D eigenvalue weighted by molar-refractivity contribution is 0.0694. The smallest absolute Gasteiger partial charge is 0.335 e. The molecule has 0 bridgehead atoms. The Kier molecular flexibility index (Phi) is 4.07. The van der Waals surface area contributed by atoms with Crippen molar-refractivity contribution < 1.29 is 14.6 Å². The molecule has 2 rings (SSSR count). The first-order valence-electron chi connectivity index (χ1n) is 6.12. The van der Waals surface area contributed by atoms with Crippen LogP contribution in [0.1, 0.15) is 43.0 Å². The first-order valence-corrected chi connectivity index (χ1v) is 6.50. The number of rotatable bonds is 3. The van der Waals surface area contributed by atoms with E-state index in [-0.39, 0.29) is 16.8 Å². The Morgan fingerprint density at radius 1 is 1.50 bits per heavy atom. The molecule has 1 saturated carbocycles. The quantitative estimate of drug-likeness (QED) is 0.855. The molecule has 98 valence electrons. The van der Waals surface area contributed by atoms with Gasteiger partial charge in [-0.25, -0.2) is 9.78 Å². The molecule has 5 heteroatoms. The molecule has 18 heavy (non-hydrogen) atoms. The number of halogens is 1. The Morgan fingerprint density at radius 3 is 2.94 bits per heavy atom. The summed E-state index contributed by atoms with van der Waals surface area (Å²) in [6, 6.07) is 2.74. The lowest BCUT2D eigenvalue weighted by Gasteiger charge is -2.26. The van der Waals surface area contributed by atoms with E-state index < -0.39 is 5.97 Å². The highest BCUT2D eigenvalue weighted by Crippen LogP contribution is 2.27. The van der Waals surface area contributed by atoms with Crippen molar-refractivity contribution in [1.82, 2.24) is 4.98 Å². The van der Waals surface area contributed by atoms with Crippen LogP contribution in [0.5, 0.6) is 5.88 Å². The third kappa shape index (κ3) is 3.35. The zero-order chi connectivity index (χ0) is 13.1. The molecule has 1 aromatic rings. The second kappa shape index (κ2) is 5.57. The lowest BCUT2D eigenvalue weighted by atomic mass is 9.89. The van der Waals surface area contributed by atoms with Gasteiger partial charge in [-0.3, -0.25) is 0 Å². The number of ether oxygens (including phenoxy) is 1. The van der Waals surface area contributed by atoms with Crippen LogP contribution in [0.15, 0.2) is 12.1 Å². The Hall–Kier alpha value is -1.29. The fraction of sp³-hybridized carbons (Fsp3) is 0.538. The van der Waals surface area contributed by atoms with Crippen LogP contribution in [0.25, 0.3) is 0 Å². The first kappa shape index (κ1) is 13.1. The van der Waals surface area contributed by atoms with Crippen LogP contribution >= 0.6 is 11.6 Å². The van der Waals surface area contributed by atoms with E-state index in [1.165, 1.54) is 18.6 Å². The molecule has 0 aromatic carbocycles. The third-order valence-electron chi connectivity index (χ3n) is 3.19. The minimum Gasteiger partial charge on any atom is -0.478 e. The number of hydrogen-bond acceptors (Lipinski definition) is 3. The minimum absolute atomic E-state index is 0.105. The maximum absolute atomic E-state index is 10.9. The molecule has 2 unspecified atom stereocenters. The molecule has 0 aliphatic heterocycles. The topological polar surface area (TPSA) is 59.4 Å². The summed E-state index contributed by atoms with van der Waals surface area (Å²) in [6.07, 6.45) is 4.44. The summed E-state index contributed by atoms with van der Waals surface area (Å²) in [6.45, 7) is 2.20. The number of carbonyl (C=O) groups is 1. The second-order valence-corrected chi connectivity index (χ2v) is 5.22. The second-order valence-electron chi connectivity index (χ2n) is 4.83. The molecule has 0 spiro atoms. The summed E-state index contributed by atoms with van der Waals surface area (Å²) < 4.78 is 5.74. The summed E-state index contributed by atoms with van der Waals surface area (Å²) in [4.78, 5) is 14.9. The summed E-state index contributed by atoms with van der Waals surface area (Å²) in [5, 5.41) is 9.09. The summed E-state index contributed by atoms with van der Waals surface area (Å²) in [7, 11) is 0. The monoisotopic (exact) mass is 269 g/mol. The predicted octanol–water partition coefficient (Wildman–Crippen LogP) is 3.39. The molecule has 1 heterocycles. The van der Waals surface area contributed by atoms with E-state index in [1.54, 1.807) is 0 Å². The molecular formula is C13H16ClNO3. The molecule has 2 atom stereocenters. The van der Waals surface area contributed by atoms with Crippen molar-refractivity contribution in [2.24, 2.45) is 5.92 Å². The van der Waals surface area contributed by atoms with Gasteiger partial charge in [0.2, 0.25) is 5.88 Å². The predicted molar refractivity (Wildman–Crippen MR) is 68.3 cm³/mol. The fourth-order valence-corrected chi connectivity index (χ4v) is 2.51. The standard InChI is InChI=1S/C13H16ClNO3/c1-8-3-2-4-10(5-8)18-12-7-9(13(16)17)6-11(14)15-12/h6-8,10H,2-5H2,1H3,(H,16,17). The van der Waals surface area contributed by atoms with Gasteiger partial charge in [-0.05, 0) is 31.2 Å². The first-order chi connectivity index (χ1) is 8.54. The molecule has 1 aliphatic carbocycles. The van der Waals surface area contributed by atoms with Gasteiger partial charge in [0.25, 0.3) is 0 Å². The Bertz CT molecular complexity index is 450. The maximum atomic E-state index is 10.9. The van der Waals surface area contributed by atoms with Crippen LogP contribution in [0.2, 0.25) is 5.15 Å². The van der Waals surface area contributed by atoms with Gasteiger partial charge >= 0.3 is 5.97 Å². The van der Waals surface area contributed by atoms with Crippen molar-refractivity contribution in [3.8, 4) is 5.88 Å². The van der Waals surface area contributed by atoms with Crippen LogP contribution in [0.3, 0.4) is 0 Å². The van der Waals surface area contributed by atoms with Crippen LogP contribution in [0, 0.1) is 5.92 Å². The van der Waals surface area contributed by atoms with Crippen molar-refractivity contribution in [3.63, 3.8) is 0 Å². The average Bonchev–Trinajstić information content (AvgIpc) is 2.28. The zero-order valence-corrected chi connectivity index (χ0v) is 11.0. The van der Waals surface area contributed by atoms with E-state index in [0.717, 1.165) is 19.3 Å². The van der Waals surface area contributed by atoms with Crippen LogP contribution in [-0.2, 0) is 0 Å². The molecule has 1 aliphatic rings. The summed E-state index contributed by atoms with van der Waals surface area (Å²) in [5.74, 6) is -0.0814. The summed E-state index contributed by atoms with van der Waals surface area (Å²) >= 11 is 5.79. The third-order valence-corrected chi connectivity index (χ3v) is 3.39. The molecule has 1 aromatic heterocycles. The fourth-order valence-electron chi connectivity index (χ4n) is 2.31. The Morgan fingerprint density at radius 2 is 2.28 bits per heavy atom. The molecule has 1 fully saturated rings. The number of carboxylic acid groups (broad SMARTS) is 1. The SMILES string of the molecule is CC1CCCC(Oc2cc(C(=O)O)cc(Cl)n2)C1. The van der Waals surface area contributed by atoms with E-state index in [4.69, 9.17) is 21.4 Å². The van der Waals surface area contributed by atoms with E-state index in [9.17, 15) is 4.79 Å². The molecule has 0 radical (unpaired) electrons. The number of nitrogens with zero attached hydrogens (tertiary/aromatic N) is 1. The van der Waals surface area contributed by atoms with Gasteiger partial charge in [0, 0.05) is 6.07 Å². The van der Waals surface area contributed by atoms with Crippen molar-refractivity contribution in [3.05, 3.63) is 22.8 Å². The van der Waals surface area contributed by atoms with Gasteiger partial charge in [0.05, 0.1) is 5.56 Å². The van der Waals surface area contributed by atoms with Crippen molar-refractivity contribution in [2.75, 3.05) is 0 Å². The molecule has 4 nitrogen and oxygen atoms in total. The van der Waals surface area contributed by atoms with Crippen LogP contribution in [-0.4, -0.2) is 22.2 Å². The van der Waals surface area contributed by atoms with Gasteiger partial charge in [0.1, 0.15) is 11.3 Å². The van der Waals surface area contributed by atoms with Gasteiger partial charge in [0.15, 0.2) is 0 Å². The highest BCUT2D eigenvalue weighted by atomic mass is 35.5. The van der Waals surface area contributed by atoms with Gasteiger partial charge < -0.3 is 9.84 Å². The van der Waals surface area contributed by atoms with Crippen molar-refractivity contribution >= 4 is 17.6 Å². The number of hydrogen-bond donors (Lipinski definition) is 1. The number of carboxylic acids is 1. The maximum Gasteiger partial charge on any atom is 0.335 e. The Labute approximate surface area is 111 Å². The van der Waals surface area contributed by atoms with Gasteiger partial charge in [-0.2, -0.15) is 0 Å². The van der Waals surface area contributed by atoms with E-state index in [0.29, 0.717) is 11.8 Å². The van der Waals surface area contributed by atoms with E-state index in [1.807, 2.05) is 0 Å². The number of aromatic carboxylic acids is 1. The van der Waals surface area contributed by atoms with Crippen molar-refractivity contribution in [2.45, 2.75) is 38.7 Å². The van der Waals surface area contributed by atoms with Gasteiger partial charge in [-0.15, -0.1) is 0 Å². The largest absolute Gasteiger partial charge is 0.478 e.